The van der Waals surface area contributed by atoms with Crippen molar-refractivity contribution in [2.24, 2.45) is 7.05 Å². The van der Waals surface area contributed by atoms with E-state index in [0.717, 1.165) is 4.57 Å². The summed E-state index contributed by atoms with van der Waals surface area (Å²) in [6.45, 7) is 0. The van der Waals surface area contributed by atoms with Crippen molar-refractivity contribution in [3.05, 3.63) is 57.3 Å². The van der Waals surface area contributed by atoms with Gasteiger partial charge in [0.2, 0.25) is 0 Å². The molecule has 0 radical (unpaired) electrons. The predicted octanol–water partition coefficient (Wildman–Crippen LogP) is 1.54. The fourth-order valence-electron chi connectivity index (χ4n) is 1.51. The van der Waals surface area contributed by atoms with E-state index in [-0.39, 0.29) is 0 Å². The highest BCUT2D eigenvalue weighted by atomic mass is 35.5. The van der Waals surface area contributed by atoms with Crippen LogP contribution in [0.4, 0.5) is 14.9 Å². The third kappa shape index (κ3) is 2.62. The Labute approximate surface area is 117 Å². The lowest BCUT2D eigenvalue weighted by atomic mass is 10.3. The van der Waals surface area contributed by atoms with Crippen LogP contribution in [0.5, 0.6) is 0 Å². The fraction of sp³-hybridized carbons (Fsp3) is 0.0833. The molecule has 0 aliphatic heterocycles. The van der Waals surface area contributed by atoms with Crippen molar-refractivity contribution in [3.63, 3.8) is 0 Å². The number of anilines is 1. The highest BCUT2D eigenvalue weighted by Crippen LogP contribution is 2.13. The quantitative estimate of drug-likeness (QED) is 0.837. The SMILES string of the molecule is Cn1c(=N)c(F)cn(C(=O)Nc2ccc(Cl)cc2)c1=O. The molecule has 0 unspecified atom stereocenters. The van der Waals surface area contributed by atoms with Crippen molar-refractivity contribution in [2.45, 2.75) is 0 Å². The van der Waals surface area contributed by atoms with Gasteiger partial charge < -0.3 is 5.32 Å². The Balaban J connectivity index is 2.37. The molecule has 8 heteroatoms. The molecule has 0 fully saturated rings. The number of nitrogens with one attached hydrogen (secondary N) is 2. The van der Waals surface area contributed by atoms with Crippen LogP contribution in [0.3, 0.4) is 0 Å². The van der Waals surface area contributed by atoms with Gasteiger partial charge in [-0.05, 0) is 24.3 Å². The van der Waals surface area contributed by atoms with Gasteiger partial charge in [0.15, 0.2) is 11.3 Å². The number of aromatic nitrogens is 2. The third-order valence-corrected chi connectivity index (χ3v) is 2.86. The summed E-state index contributed by atoms with van der Waals surface area (Å²) in [6.07, 6.45) is 0.677. The summed E-state index contributed by atoms with van der Waals surface area (Å²) in [5.74, 6) is -0.974. The zero-order valence-electron chi connectivity index (χ0n) is 10.4. The first-order chi connectivity index (χ1) is 9.40. The largest absolute Gasteiger partial charge is 0.337 e. The van der Waals surface area contributed by atoms with Crippen LogP contribution in [-0.2, 0) is 7.05 Å². The normalized spacial score (nSPS) is 10.3. The maximum atomic E-state index is 13.4. The topological polar surface area (TPSA) is 79.9 Å². The van der Waals surface area contributed by atoms with E-state index in [1.807, 2.05) is 0 Å². The monoisotopic (exact) mass is 296 g/mol. The van der Waals surface area contributed by atoms with Gasteiger partial charge in [-0.25, -0.2) is 18.5 Å². The van der Waals surface area contributed by atoms with Crippen molar-refractivity contribution >= 4 is 23.3 Å². The standard InChI is InChI=1S/C12H10ClFN4O2/c1-17-10(15)9(14)6-18(12(17)20)11(19)16-8-4-2-7(13)3-5-8/h2-6,15H,1H3,(H,16,19). The molecule has 1 heterocycles. The first-order valence-electron chi connectivity index (χ1n) is 5.50. The van der Waals surface area contributed by atoms with Gasteiger partial charge in [0.25, 0.3) is 0 Å². The molecule has 0 spiro atoms. The van der Waals surface area contributed by atoms with Crippen LogP contribution in [-0.4, -0.2) is 15.2 Å². The van der Waals surface area contributed by atoms with Gasteiger partial charge in [0.1, 0.15) is 0 Å². The van der Waals surface area contributed by atoms with E-state index < -0.39 is 23.0 Å². The van der Waals surface area contributed by atoms with Crippen LogP contribution in [0.1, 0.15) is 0 Å². The van der Waals surface area contributed by atoms with E-state index in [4.69, 9.17) is 17.0 Å². The van der Waals surface area contributed by atoms with Crippen molar-refractivity contribution in [1.29, 1.82) is 5.41 Å². The molecule has 2 rings (SSSR count). The molecule has 2 aromatic rings. The summed E-state index contributed by atoms with van der Waals surface area (Å²) in [7, 11) is 1.21. The second kappa shape index (κ2) is 5.30. The third-order valence-electron chi connectivity index (χ3n) is 2.61. The minimum absolute atomic E-state index is 0.407. The van der Waals surface area contributed by atoms with Gasteiger partial charge in [0.05, 0.1) is 6.20 Å². The summed E-state index contributed by atoms with van der Waals surface area (Å²) in [4.78, 5) is 23.7. The highest BCUT2D eigenvalue weighted by molar-refractivity contribution is 6.30. The summed E-state index contributed by atoms with van der Waals surface area (Å²) >= 11 is 5.71. The lowest BCUT2D eigenvalue weighted by Gasteiger charge is -2.09. The number of benzene rings is 1. The number of hydrogen-bond acceptors (Lipinski definition) is 3. The average molecular weight is 297 g/mol. The zero-order valence-corrected chi connectivity index (χ0v) is 11.1. The first-order valence-corrected chi connectivity index (χ1v) is 5.87. The van der Waals surface area contributed by atoms with E-state index in [2.05, 4.69) is 5.32 Å². The van der Waals surface area contributed by atoms with Crippen LogP contribution in [0.2, 0.25) is 5.02 Å². The van der Waals surface area contributed by atoms with Gasteiger partial charge in [-0.3, -0.25) is 9.98 Å². The predicted molar refractivity (Wildman–Crippen MR) is 71.4 cm³/mol. The molecular weight excluding hydrogens is 287 g/mol. The van der Waals surface area contributed by atoms with E-state index in [9.17, 15) is 14.0 Å². The molecule has 0 aliphatic carbocycles. The van der Waals surface area contributed by atoms with Crippen molar-refractivity contribution < 1.29 is 9.18 Å². The smallest absolute Gasteiger partial charge is 0.307 e. The van der Waals surface area contributed by atoms with Gasteiger partial charge in [-0.1, -0.05) is 11.6 Å². The molecule has 0 saturated carbocycles. The fourth-order valence-corrected chi connectivity index (χ4v) is 1.64. The number of rotatable bonds is 1. The average Bonchev–Trinajstić information content (AvgIpc) is 2.43. The van der Waals surface area contributed by atoms with Crippen molar-refractivity contribution in [1.82, 2.24) is 9.13 Å². The first kappa shape index (κ1) is 14.0. The van der Waals surface area contributed by atoms with Crippen LogP contribution in [0, 0.1) is 11.2 Å². The molecule has 0 aliphatic rings. The van der Waals surface area contributed by atoms with Crippen LogP contribution in [0.15, 0.2) is 35.3 Å². The van der Waals surface area contributed by atoms with Gasteiger partial charge in [-0.15, -0.1) is 0 Å². The molecule has 1 aromatic heterocycles. The van der Waals surface area contributed by atoms with Crippen LogP contribution in [0.25, 0.3) is 0 Å². The summed E-state index contributed by atoms with van der Waals surface area (Å²) in [6, 6.07) is 5.38. The molecule has 0 atom stereocenters. The lowest BCUT2D eigenvalue weighted by Crippen LogP contribution is -2.43. The van der Waals surface area contributed by atoms with Gasteiger partial charge >= 0.3 is 11.7 Å². The number of hydrogen-bond donors (Lipinski definition) is 2. The second-order valence-electron chi connectivity index (χ2n) is 3.97. The maximum absolute atomic E-state index is 13.4. The Morgan fingerprint density at radius 2 is 1.95 bits per heavy atom. The minimum atomic E-state index is -0.974. The molecule has 20 heavy (non-hydrogen) atoms. The molecule has 1 aromatic carbocycles. The van der Waals surface area contributed by atoms with Crippen molar-refractivity contribution in [2.75, 3.05) is 5.32 Å². The lowest BCUT2D eigenvalue weighted by molar-refractivity contribution is 0.251. The van der Waals surface area contributed by atoms with Crippen LogP contribution >= 0.6 is 11.6 Å². The van der Waals surface area contributed by atoms with E-state index >= 15 is 0 Å². The number of carbonyl (C=O) groups is 1. The Morgan fingerprint density at radius 3 is 2.55 bits per heavy atom. The molecule has 6 nitrogen and oxygen atoms in total. The van der Waals surface area contributed by atoms with Gasteiger partial charge in [-0.2, -0.15) is 0 Å². The summed E-state index contributed by atoms with van der Waals surface area (Å²) < 4.78 is 14.7. The van der Waals surface area contributed by atoms with Crippen molar-refractivity contribution in [3.8, 4) is 0 Å². The molecule has 104 valence electrons. The Bertz CT molecular complexity index is 780. The molecule has 0 saturated heterocycles. The highest BCUT2D eigenvalue weighted by Gasteiger charge is 2.12. The Kier molecular flexibility index (Phi) is 3.71. The number of halogens is 2. The minimum Gasteiger partial charge on any atom is -0.307 e. The molecule has 2 N–H and O–H groups in total. The van der Waals surface area contributed by atoms with E-state index in [1.165, 1.54) is 7.05 Å². The van der Waals surface area contributed by atoms with E-state index in [1.54, 1.807) is 24.3 Å². The molecular formula is C12H10ClFN4O2. The molecule has 0 bridgehead atoms. The number of carbonyl (C=O) groups excluding carboxylic acids is 1. The molecule has 1 amide bonds. The Morgan fingerprint density at radius 1 is 1.35 bits per heavy atom. The zero-order chi connectivity index (χ0) is 14.9. The summed E-state index contributed by atoms with van der Waals surface area (Å²) in [5.41, 5.74) is -1.00. The summed E-state index contributed by atoms with van der Waals surface area (Å²) in [5, 5.41) is 10.2. The second-order valence-corrected chi connectivity index (χ2v) is 4.41. The van der Waals surface area contributed by atoms with Crippen LogP contribution < -0.4 is 16.5 Å². The maximum Gasteiger partial charge on any atom is 0.337 e. The number of amides is 1. The van der Waals surface area contributed by atoms with E-state index in [0.29, 0.717) is 21.5 Å². The van der Waals surface area contributed by atoms with Gasteiger partial charge in [0, 0.05) is 17.8 Å². The Hall–Kier alpha value is -2.41. The number of nitrogens with zero attached hydrogens (tertiary/aromatic N) is 2.